The third-order valence-corrected chi connectivity index (χ3v) is 6.24. The van der Waals surface area contributed by atoms with Crippen LogP contribution in [0.15, 0.2) is 65.3 Å². The van der Waals surface area contributed by atoms with E-state index in [4.69, 9.17) is 0 Å². The zero-order valence-electron chi connectivity index (χ0n) is 16.8. The van der Waals surface area contributed by atoms with Crippen molar-refractivity contribution in [2.24, 2.45) is 0 Å². The molecule has 0 radical (unpaired) electrons. The Hall–Kier alpha value is -3.39. The van der Waals surface area contributed by atoms with E-state index < -0.39 is 6.04 Å². The number of amides is 3. The second-order valence-corrected chi connectivity index (χ2v) is 8.76. The molecule has 0 unspecified atom stereocenters. The number of fused-ring (bicyclic) bond motifs is 2. The van der Waals surface area contributed by atoms with Crippen molar-refractivity contribution in [3.05, 3.63) is 99.0 Å². The minimum Gasteiger partial charge on any atom is -0.328 e. The number of benzene rings is 2. The molecular weight excluding hydrogens is 477 g/mol. The average Bonchev–Trinajstić information content (AvgIpc) is 3.22. The Bertz CT molecular complexity index is 1240. The maximum atomic E-state index is 13.8. The van der Waals surface area contributed by atoms with Crippen LogP contribution in [-0.4, -0.2) is 45.1 Å². The topological polar surface area (TPSA) is 70.6 Å². The molecule has 2 aromatic carbocycles. The van der Waals surface area contributed by atoms with Crippen molar-refractivity contribution in [2.45, 2.75) is 19.0 Å². The number of carbonyl (C=O) groups excluding carboxylic acids is 3. The first-order chi connectivity index (χ1) is 15.4. The maximum absolute atomic E-state index is 13.8. The first-order valence-electron chi connectivity index (χ1n) is 10.1. The van der Waals surface area contributed by atoms with Gasteiger partial charge in [-0.2, -0.15) is 0 Å². The van der Waals surface area contributed by atoms with Crippen LogP contribution < -0.4 is 0 Å². The van der Waals surface area contributed by atoms with Gasteiger partial charge in [0, 0.05) is 22.8 Å². The SMILES string of the molecule is O=C1c2ccccc2C(=O)N1C[C@@H](Cc1cccc(F)c1)N1Cc2cc(Br)cnc2C1=O. The molecule has 0 fully saturated rings. The number of nitrogens with zero attached hydrogens (tertiary/aromatic N) is 3. The smallest absolute Gasteiger partial charge is 0.273 e. The van der Waals surface area contributed by atoms with Gasteiger partial charge in [0.2, 0.25) is 0 Å². The van der Waals surface area contributed by atoms with Crippen LogP contribution in [0.25, 0.3) is 0 Å². The molecule has 0 saturated heterocycles. The molecule has 1 atom stereocenters. The summed E-state index contributed by atoms with van der Waals surface area (Å²) in [4.78, 5) is 46.0. The number of hydrogen-bond acceptors (Lipinski definition) is 4. The van der Waals surface area contributed by atoms with E-state index in [1.54, 1.807) is 47.5 Å². The van der Waals surface area contributed by atoms with E-state index in [1.807, 2.05) is 6.07 Å². The standard InChI is InChI=1S/C24H17BrFN3O3/c25-16-10-15-12-28(24(32)21(15)27-11-16)18(9-14-4-3-5-17(26)8-14)13-29-22(30)19-6-1-2-7-20(19)23(29)31/h1-8,10-11,18H,9,12-13H2/t18-/m1/s1. The number of halogens is 2. The first-order valence-corrected chi connectivity index (χ1v) is 10.9. The molecule has 2 aliphatic rings. The van der Waals surface area contributed by atoms with Gasteiger partial charge in [0.25, 0.3) is 17.7 Å². The van der Waals surface area contributed by atoms with Gasteiger partial charge in [0.05, 0.1) is 23.7 Å². The number of aromatic nitrogens is 1. The number of rotatable bonds is 5. The first kappa shape index (κ1) is 20.5. The maximum Gasteiger partial charge on any atom is 0.273 e. The van der Waals surface area contributed by atoms with Crippen LogP contribution >= 0.6 is 15.9 Å². The van der Waals surface area contributed by atoms with Crippen molar-refractivity contribution in [3.63, 3.8) is 0 Å². The summed E-state index contributed by atoms with van der Waals surface area (Å²) in [6.45, 7) is 0.299. The molecule has 160 valence electrons. The van der Waals surface area contributed by atoms with Gasteiger partial charge in [-0.3, -0.25) is 19.3 Å². The summed E-state index contributed by atoms with van der Waals surface area (Å²) in [6.07, 6.45) is 1.85. The van der Waals surface area contributed by atoms with Crippen molar-refractivity contribution in [1.82, 2.24) is 14.8 Å². The Morgan fingerprint density at radius 1 is 0.969 bits per heavy atom. The Labute approximate surface area is 191 Å². The molecule has 3 heterocycles. The molecular formula is C24H17BrFN3O3. The molecule has 0 saturated carbocycles. The summed E-state index contributed by atoms with van der Waals surface area (Å²) in [5.41, 5.74) is 2.48. The fourth-order valence-electron chi connectivity index (χ4n) is 4.31. The van der Waals surface area contributed by atoms with Crippen molar-refractivity contribution >= 4 is 33.7 Å². The lowest BCUT2D eigenvalue weighted by Crippen LogP contribution is -2.47. The summed E-state index contributed by atoms with van der Waals surface area (Å²) in [6, 6.07) is 14.1. The zero-order valence-corrected chi connectivity index (χ0v) is 18.4. The van der Waals surface area contributed by atoms with Gasteiger partial charge in [0.15, 0.2) is 0 Å². The summed E-state index contributed by atoms with van der Waals surface area (Å²) >= 11 is 3.38. The summed E-state index contributed by atoms with van der Waals surface area (Å²) in [7, 11) is 0. The van der Waals surface area contributed by atoms with E-state index >= 15 is 0 Å². The molecule has 32 heavy (non-hydrogen) atoms. The molecule has 1 aromatic heterocycles. The predicted molar refractivity (Wildman–Crippen MR) is 118 cm³/mol. The van der Waals surface area contributed by atoms with Gasteiger partial charge in [0.1, 0.15) is 11.5 Å². The van der Waals surface area contributed by atoms with Gasteiger partial charge < -0.3 is 4.90 Å². The Kier molecular flexibility index (Phi) is 5.09. The molecule has 3 aromatic rings. The highest BCUT2D eigenvalue weighted by molar-refractivity contribution is 9.10. The predicted octanol–water partition coefficient (Wildman–Crippen LogP) is 3.85. The number of imide groups is 1. The minimum absolute atomic E-state index is 0.00373. The molecule has 0 bridgehead atoms. The van der Waals surface area contributed by atoms with E-state index in [1.165, 1.54) is 17.0 Å². The van der Waals surface area contributed by atoms with Crippen LogP contribution in [-0.2, 0) is 13.0 Å². The van der Waals surface area contributed by atoms with Gasteiger partial charge in [-0.1, -0.05) is 24.3 Å². The average molecular weight is 494 g/mol. The van der Waals surface area contributed by atoms with Crippen LogP contribution in [0.1, 0.15) is 42.3 Å². The van der Waals surface area contributed by atoms with Crippen molar-refractivity contribution in [1.29, 1.82) is 0 Å². The third kappa shape index (κ3) is 3.50. The summed E-state index contributed by atoms with van der Waals surface area (Å²) in [5.74, 6) is -1.44. The van der Waals surface area contributed by atoms with E-state index in [2.05, 4.69) is 20.9 Å². The van der Waals surface area contributed by atoms with Crippen LogP contribution in [0.5, 0.6) is 0 Å². The lowest BCUT2D eigenvalue weighted by atomic mass is 10.0. The van der Waals surface area contributed by atoms with Crippen LogP contribution in [0.2, 0.25) is 0 Å². The van der Waals surface area contributed by atoms with E-state index in [-0.39, 0.29) is 36.5 Å². The van der Waals surface area contributed by atoms with Crippen molar-refractivity contribution in [2.75, 3.05) is 6.54 Å². The molecule has 8 heteroatoms. The van der Waals surface area contributed by atoms with Gasteiger partial charge in [-0.15, -0.1) is 0 Å². The highest BCUT2D eigenvalue weighted by Crippen LogP contribution is 2.29. The van der Waals surface area contributed by atoms with Gasteiger partial charge >= 0.3 is 0 Å². The van der Waals surface area contributed by atoms with Gasteiger partial charge in [-0.05, 0) is 58.2 Å². The zero-order chi connectivity index (χ0) is 22.4. The summed E-state index contributed by atoms with van der Waals surface area (Å²) < 4.78 is 14.6. The summed E-state index contributed by atoms with van der Waals surface area (Å²) in [5, 5.41) is 0. The largest absolute Gasteiger partial charge is 0.328 e. The van der Waals surface area contributed by atoms with Crippen molar-refractivity contribution < 1.29 is 18.8 Å². The monoisotopic (exact) mass is 493 g/mol. The number of carbonyl (C=O) groups is 3. The lowest BCUT2D eigenvalue weighted by Gasteiger charge is -2.30. The molecule has 5 rings (SSSR count). The highest BCUT2D eigenvalue weighted by Gasteiger charge is 2.40. The van der Waals surface area contributed by atoms with Crippen LogP contribution in [0.3, 0.4) is 0 Å². The molecule has 2 aliphatic heterocycles. The second-order valence-electron chi connectivity index (χ2n) is 7.85. The Balaban J connectivity index is 1.48. The lowest BCUT2D eigenvalue weighted by molar-refractivity contribution is 0.0526. The molecule has 0 spiro atoms. The van der Waals surface area contributed by atoms with E-state index in [0.717, 1.165) is 10.0 Å². The Morgan fingerprint density at radius 2 is 1.69 bits per heavy atom. The molecule has 0 aliphatic carbocycles. The quantitative estimate of drug-likeness (QED) is 0.506. The van der Waals surface area contributed by atoms with Gasteiger partial charge in [-0.25, -0.2) is 9.37 Å². The third-order valence-electron chi connectivity index (χ3n) is 5.81. The molecule has 3 amide bonds. The van der Waals surface area contributed by atoms with E-state index in [9.17, 15) is 18.8 Å². The fraction of sp³-hybridized carbons (Fsp3) is 0.167. The number of hydrogen-bond donors (Lipinski definition) is 0. The minimum atomic E-state index is -0.542. The van der Waals surface area contributed by atoms with Crippen LogP contribution in [0.4, 0.5) is 4.39 Å². The fourth-order valence-corrected chi connectivity index (χ4v) is 4.68. The second kappa shape index (κ2) is 7.94. The Morgan fingerprint density at radius 3 is 2.38 bits per heavy atom. The number of pyridine rings is 1. The van der Waals surface area contributed by atoms with Crippen molar-refractivity contribution in [3.8, 4) is 0 Å². The van der Waals surface area contributed by atoms with E-state index in [0.29, 0.717) is 28.9 Å². The molecule has 6 nitrogen and oxygen atoms in total. The highest BCUT2D eigenvalue weighted by atomic mass is 79.9. The molecule has 0 N–H and O–H groups in total. The van der Waals surface area contributed by atoms with Crippen LogP contribution in [0, 0.1) is 5.82 Å². The normalized spacial score (nSPS) is 15.9.